The summed E-state index contributed by atoms with van der Waals surface area (Å²) < 4.78 is 31.2. The van der Waals surface area contributed by atoms with Crippen LogP contribution in [-0.4, -0.2) is 62.0 Å². The van der Waals surface area contributed by atoms with Crippen molar-refractivity contribution in [1.29, 1.82) is 0 Å². The van der Waals surface area contributed by atoms with Crippen LogP contribution in [0.3, 0.4) is 0 Å². The predicted octanol–water partition coefficient (Wildman–Crippen LogP) is 2.17. The summed E-state index contributed by atoms with van der Waals surface area (Å²) in [4.78, 5) is 6.34. The van der Waals surface area contributed by atoms with Crippen LogP contribution in [-0.2, 0) is 22.3 Å². The van der Waals surface area contributed by atoms with Gasteiger partial charge < -0.3 is 14.7 Å². The molecule has 28 heavy (non-hydrogen) atoms. The van der Waals surface area contributed by atoms with E-state index in [1.165, 1.54) is 10.6 Å². The van der Waals surface area contributed by atoms with Gasteiger partial charge in [0, 0.05) is 50.9 Å². The molecule has 1 aromatic heterocycles. The maximum absolute atomic E-state index is 12.5. The van der Waals surface area contributed by atoms with E-state index in [1.807, 2.05) is 29.2 Å². The summed E-state index contributed by atoms with van der Waals surface area (Å²) in [5.74, 6) is 0.576. The topological polar surface area (TPSA) is 91.0 Å². The maximum Gasteiger partial charge on any atom is 0.220 e. The van der Waals surface area contributed by atoms with Crippen molar-refractivity contribution in [3.8, 4) is 0 Å². The number of aliphatic imine (C=N–C) groups is 1. The molecule has 11 heteroatoms. The highest BCUT2D eigenvalue weighted by molar-refractivity contribution is 14.0. The van der Waals surface area contributed by atoms with Crippen LogP contribution in [0.4, 0.5) is 0 Å². The summed E-state index contributed by atoms with van der Waals surface area (Å²) in [6.45, 7) is 2.46. The summed E-state index contributed by atoms with van der Waals surface area (Å²) >= 11 is 6.19. The van der Waals surface area contributed by atoms with E-state index in [0.29, 0.717) is 43.4 Å². The molecule has 3 rings (SSSR count). The number of aromatic nitrogens is 1. The van der Waals surface area contributed by atoms with E-state index in [2.05, 4.69) is 15.5 Å². The van der Waals surface area contributed by atoms with Gasteiger partial charge in [0.2, 0.25) is 10.0 Å². The van der Waals surface area contributed by atoms with E-state index in [4.69, 9.17) is 16.1 Å². The zero-order valence-corrected chi connectivity index (χ0v) is 19.3. The van der Waals surface area contributed by atoms with Crippen molar-refractivity contribution >= 4 is 51.6 Å². The summed E-state index contributed by atoms with van der Waals surface area (Å²) in [6.07, 6.45) is 1.37. The van der Waals surface area contributed by atoms with Crippen molar-refractivity contribution in [3.63, 3.8) is 0 Å². The van der Waals surface area contributed by atoms with Gasteiger partial charge in [0.1, 0.15) is 12.0 Å². The largest absolute Gasteiger partial charge is 0.364 e. The molecule has 0 aliphatic carbocycles. The Labute approximate surface area is 187 Å². The van der Waals surface area contributed by atoms with Gasteiger partial charge in [-0.05, 0) is 11.6 Å². The molecule has 1 fully saturated rings. The zero-order valence-electron chi connectivity index (χ0n) is 15.4. The minimum atomic E-state index is -3.42. The smallest absolute Gasteiger partial charge is 0.220 e. The van der Waals surface area contributed by atoms with Crippen molar-refractivity contribution in [2.24, 2.45) is 4.99 Å². The SMILES string of the molecule is CN=C(NCc1ccccc1Cl)N1CCN(S(=O)(=O)Cc2ccon2)CC1.I. The molecule has 0 spiro atoms. The first-order valence-electron chi connectivity index (χ1n) is 8.55. The molecule has 1 N–H and O–H groups in total. The summed E-state index contributed by atoms with van der Waals surface area (Å²) in [7, 11) is -1.71. The number of nitrogens with zero attached hydrogens (tertiary/aromatic N) is 4. The van der Waals surface area contributed by atoms with Crippen molar-refractivity contribution in [2.75, 3.05) is 33.2 Å². The van der Waals surface area contributed by atoms with E-state index in [0.717, 1.165) is 11.5 Å². The summed E-state index contributed by atoms with van der Waals surface area (Å²) in [5, 5.41) is 7.67. The highest BCUT2D eigenvalue weighted by atomic mass is 127. The molecule has 154 valence electrons. The number of rotatable bonds is 5. The lowest BCUT2D eigenvalue weighted by atomic mass is 10.2. The third kappa shape index (κ3) is 5.82. The molecule has 8 nitrogen and oxygen atoms in total. The Bertz CT molecular complexity index is 884. The molecule has 0 saturated carbocycles. The minimum Gasteiger partial charge on any atom is -0.364 e. The highest BCUT2D eigenvalue weighted by Gasteiger charge is 2.28. The Morgan fingerprint density at radius 2 is 1.96 bits per heavy atom. The second-order valence-corrected chi connectivity index (χ2v) is 8.50. The third-order valence-electron chi connectivity index (χ3n) is 4.36. The van der Waals surface area contributed by atoms with Gasteiger partial charge in [-0.2, -0.15) is 4.31 Å². The molecule has 0 atom stereocenters. The van der Waals surface area contributed by atoms with Crippen LogP contribution in [0.1, 0.15) is 11.3 Å². The molecule has 0 bridgehead atoms. The Morgan fingerprint density at radius 1 is 1.25 bits per heavy atom. The van der Waals surface area contributed by atoms with Crippen molar-refractivity contribution in [1.82, 2.24) is 19.7 Å². The highest BCUT2D eigenvalue weighted by Crippen LogP contribution is 2.15. The van der Waals surface area contributed by atoms with E-state index in [1.54, 1.807) is 13.1 Å². The first kappa shape index (κ1) is 22.9. The van der Waals surface area contributed by atoms with Crippen LogP contribution in [0.2, 0.25) is 5.02 Å². The Kier molecular flexibility index (Phi) is 8.53. The van der Waals surface area contributed by atoms with Gasteiger partial charge in [0.25, 0.3) is 0 Å². The van der Waals surface area contributed by atoms with Gasteiger partial charge in [0.05, 0.1) is 5.69 Å². The lowest BCUT2D eigenvalue weighted by Crippen LogP contribution is -2.53. The quantitative estimate of drug-likeness (QED) is 0.356. The van der Waals surface area contributed by atoms with Crippen LogP contribution in [0.15, 0.2) is 46.1 Å². The first-order valence-corrected chi connectivity index (χ1v) is 10.5. The molecule has 1 aliphatic heterocycles. The molecular weight excluding hydrogens is 517 g/mol. The Hall–Kier alpha value is -1.37. The summed E-state index contributed by atoms with van der Waals surface area (Å²) in [6, 6.07) is 9.19. The van der Waals surface area contributed by atoms with Crippen LogP contribution < -0.4 is 5.32 Å². The van der Waals surface area contributed by atoms with Gasteiger partial charge in [0.15, 0.2) is 5.96 Å². The van der Waals surface area contributed by atoms with Crippen molar-refractivity contribution < 1.29 is 12.9 Å². The minimum absolute atomic E-state index is 0. The number of benzene rings is 1. The van der Waals surface area contributed by atoms with Gasteiger partial charge in [-0.15, -0.1) is 24.0 Å². The number of piperazine rings is 1. The fourth-order valence-electron chi connectivity index (χ4n) is 2.92. The molecule has 2 heterocycles. The fraction of sp³-hybridized carbons (Fsp3) is 0.412. The molecule has 1 aromatic carbocycles. The average Bonchev–Trinajstić information content (AvgIpc) is 3.16. The second-order valence-electron chi connectivity index (χ2n) is 6.13. The second kappa shape index (κ2) is 10.4. The molecule has 1 aliphatic rings. The van der Waals surface area contributed by atoms with Crippen LogP contribution >= 0.6 is 35.6 Å². The van der Waals surface area contributed by atoms with E-state index in [-0.39, 0.29) is 29.7 Å². The first-order chi connectivity index (χ1) is 13.0. The predicted molar refractivity (Wildman–Crippen MR) is 119 cm³/mol. The van der Waals surface area contributed by atoms with Crippen molar-refractivity contribution in [3.05, 3.63) is 52.9 Å². The van der Waals surface area contributed by atoms with Crippen LogP contribution in [0.25, 0.3) is 0 Å². The fourth-order valence-corrected chi connectivity index (χ4v) is 4.54. The van der Waals surface area contributed by atoms with Gasteiger partial charge in [-0.3, -0.25) is 4.99 Å². The number of hydrogen-bond donors (Lipinski definition) is 1. The normalized spacial score (nSPS) is 15.9. The van der Waals surface area contributed by atoms with E-state index < -0.39 is 10.0 Å². The van der Waals surface area contributed by atoms with E-state index >= 15 is 0 Å². The third-order valence-corrected chi connectivity index (χ3v) is 6.54. The number of halogens is 2. The molecule has 0 radical (unpaired) electrons. The van der Waals surface area contributed by atoms with Gasteiger partial charge >= 0.3 is 0 Å². The van der Waals surface area contributed by atoms with Crippen molar-refractivity contribution in [2.45, 2.75) is 12.3 Å². The molecule has 0 amide bonds. The average molecular weight is 540 g/mol. The molecule has 2 aromatic rings. The summed E-state index contributed by atoms with van der Waals surface area (Å²) in [5.41, 5.74) is 1.39. The lowest BCUT2D eigenvalue weighted by molar-refractivity contribution is 0.259. The Balaban J connectivity index is 0.00000280. The van der Waals surface area contributed by atoms with E-state index in [9.17, 15) is 8.42 Å². The molecule has 1 saturated heterocycles. The van der Waals surface area contributed by atoms with Gasteiger partial charge in [-0.25, -0.2) is 8.42 Å². The van der Waals surface area contributed by atoms with Crippen LogP contribution in [0, 0.1) is 0 Å². The Morgan fingerprint density at radius 3 is 2.57 bits per heavy atom. The standard InChI is InChI=1S/C17H22ClN5O3S.HI/c1-19-17(20-12-14-4-2-3-5-16(14)18)22-7-9-23(10-8-22)27(24,25)13-15-6-11-26-21-15;/h2-6,11H,7-10,12-13H2,1H3,(H,19,20);1H. The number of hydrogen-bond acceptors (Lipinski definition) is 5. The van der Waals surface area contributed by atoms with Crippen LogP contribution in [0.5, 0.6) is 0 Å². The maximum atomic E-state index is 12.5. The monoisotopic (exact) mass is 539 g/mol. The number of nitrogens with one attached hydrogen (secondary N) is 1. The lowest BCUT2D eigenvalue weighted by Gasteiger charge is -2.35. The molecular formula is C17H23ClIN5O3S. The number of guanidine groups is 1. The molecule has 0 unspecified atom stereocenters. The van der Waals surface area contributed by atoms with Gasteiger partial charge in [-0.1, -0.05) is 35.0 Å². The zero-order chi connectivity index (χ0) is 19.3. The number of sulfonamides is 1.